The van der Waals surface area contributed by atoms with Gasteiger partial charge in [0.2, 0.25) is 4.77 Å². The van der Waals surface area contributed by atoms with Gasteiger partial charge >= 0.3 is 0 Å². The normalized spacial score (nSPS) is 10.2. The predicted molar refractivity (Wildman–Crippen MR) is 73.2 cm³/mol. The number of benzene rings is 1. The summed E-state index contributed by atoms with van der Waals surface area (Å²) in [5, 5.41) is 10.3. The van der Waals surface area contributed by atoms with Gasteiger partial charge in [-0.05, 0) is 37.3 Å². The van der Waals surface area contributed by atoms with Crippen molar-refractivity contribution in [3.8, 4) is 5.75 Å². The summed E-state index contributed by atoms with van der Waals surface area (Å²) in [6.45, 7) is 1.83. The molecule has 0 saturated heterocycles. The van der Waals surface area contributed by atoms with E-state index < -0.39 is 0 Å². The molecule has 0 atom stereocenters. The largest absolute Gasteiger partial charge is 0.495 e. The molecule has 1 aromatic carbocycles. The fourth-order valence-corrected chi connectivity index (χ4v) is 1.79. The van der Waals surface area contributed by atoms with E-state index in [0.29, 0.717) is 21.4 Å². The molecule has 0 aliphatic heterocycles. The van der Waals surface area contributed by atoms with Crippen LogP contribution in [0.5, 0.6) is 5.75 Å². The molecule has 1 aromatic heterocycles. The number of ether oxygens (including phenoxy) is 1. The van der Waals surface area contributed by atoms with Crippen LogP contribution in [0.2, 0.25) is 5.02 Å². The summed E-state index contributed by atoms with van der Waals surface area (Å²) < 4.78 is 5.41. The van der Waals surface area contributed by atoms with Gasteiger partial charge in [0, 0.05) is 5.69 Å². The lowest BCUT2D eigenvalue weighted by Gasteiger charge is -2.09. The van der Waals surface area contributed by atoms with Gasteiger partial charge in [0.1, 0.15) is 11.4 Å². The third kappa shape index (κ3) is 2.77. The van der Waals surface area contributed by atoms with Crippen molar-refractivity contribution in [1.82, 2.24) is 15.2 Å². The number of nitrogens with zero attached hydrogens (tertiary/aromatic N) is 2. The molecule has 2 rings (SSSR count). The number of nitrogens with one attached hydrogen (secondary N) is 2. The first kappa shape index (κ1) is 12.8. The molecule has 1 heterocycles. The molecule has 0 bridgehead atoms. The Balaban J connectivity index is 2.31. The molecule has 2 N–H and O–H groups in total. The zero-order chi connectivity index (χ0) is 13.1. The SMILES string of the molecule is COc1ccc(Nc2nc(=S)[nH]nc2C)cc1Cl. The maximum Gasteiger partial charge on any atom is 0.215 e. The van der Waals surface area contributed by atoms with E-state index in [0.717, 1.165) is 11.4 Å². The number of hydrogen-bond donors (Lipinski definition) is 2. The third-order valence-electron chi connectivity index (χ3n) is 2.29. The van der Waals surface area contributed by atoms with Crippen LogP contribution in [0.3, 0.4) is 0 Å². The topological polar surface area (TPSA) is 62.8 Å². The molecule has 0 aliphatic rings. The lowest BCUT2D eigenvalue weighted by atomic mass is 10.3. The molecule has 0 aliphatic carbocycles. The van der Waals surface area contributed by atoms with Crippen LogP contribution in [0, 0.1) is 11.7 Å². The standard InChI is InChI=1S/C11H11ClN4OS/c1-6-10(14-11(18)16-15-6)13-7-3-4-9(17-2)8(12)5-7/h3-5H,1-2H3,(H2,13,14,16,18). The molecule has 94 valence electrons. The molecule has 0 saturated carbocycles. The zero-order valence-corrected chi connectivity index (χ0v) is 11.4. The van der Waals surface area contributed by atoms with Gasteiger partial charge < -0.3 is 10.1 Å². The molecule has 0 spiro atoms. The van der Waals surface area contributed by atoms with Gasteiger partial charge in [0.25, 0.3) is 0 Å². The van der Waals surface area contributed by atoms with E-state index in [-0.39, 0.29) is 0 Å². The van der Waals surface area contributed by atoms with Crippen molar-refractivity contribution in [3.05, 3.63) is 33.7 Å². The van der Waals surface area contributed by atoms with E-state index in [4.69, 9.17) is 28.6 Å². The maximum atomic E-state index is 6.04. The Morgan fingerprint density at radius 3 is 2.89 bits per heavy atom. The molecule has 5 nitrogen and oxygen atoms in total. The van der Waals surface area contributed by atoms with Gasteiger partial charge in [0.15, 0.2) is 5.82 Å². The first-order chi connectivity index (χ1) is 8.60. The van der Waals surface area contributed by atoms with E-state index >= 15 is 0 Å². The number of aromatic amines is 1. The second-order valence-corrected chi connectivity index (χ2v) is 4.34. The Morgan fingerprint density at radius 2 is 2.22 bits per heavy atom. The van der Waals surface area contributed by atoms with Crippen molar-refractivity contribution in [1.29, 1.82) is 0 Å². The van der Waals surface area contributed by atoms with E-state index in [1.807, 2.05) is 13.0 Å². The Bertz CT molecular complexity index is 629. The van der Waals surface area contributed by atoms with Crippen LogP contribution in [0.4, 0.5) is 11.5 Å². The highest BCUT2D eigenvalue weighted by molar-refractivity contribution is 7.71. The van der Waals surface area contributed by atoms with Crippen molar-refractivity contribution in [2.45, 2.75) is 6.92 Å². The predicted octanol–water partition coefficient (Wildman–Crippen LogP) is 3.25. The monoisotopic (exact) mass is 282 g/mol. The molecule has 2 aromatic rings. The Morgan fingerprint density at radius 1 is 1.44 bits per heavy atom. The van der Waals surface area contributed by atoms with Crippen molar-refractivity contribution in [3.63, 3.8) is 0 Å². The smallest absolute Gasteiger partial charge is 0.215 e. The number of hydrogen-bond acceptors (Lipinski definition) is 5. The highest BCUT2D eigenvalue weighted by Gasteiger charge is 2.05. The van der Waals surface area contributed by atoms with Crippen LogP contribution in [0.1, 0.15) is 5.69 Å². The molecule has 0 amide bonds. The van der Waals surface area contributed by atoms with Gasteiger partial charge in [-0.3, -0.25) is 5.10 Å². The van der Waals surface area contributed by atoms with Crippen LogP contribution in [0.15, 0.2) is 18.2 Å². The molecule has 18 heavy (non-hydrogen) atoms. The summed E-state index contributed by atoms with van der Waals surface area (Å²) in [6, 6.07) is 5.37. The number of anilines is 2. The fourth-order valence-electron chi connectivity index (χ4n) is 1.39. The first-order valence-corrected chi connectivity index (χ1v) is 5.92. The highest BCUT2D eigenvalue weighted by Crippen LogP contribution is 2.28. The lowest BCUT2D eigenvalue weighted by molar-refractivity contribution is 0.415. The maximum absolute atomic E-state index is 6.04. The summed E-state index contributed by atoms with van der Waals surface area (Å²) in [5.41, 5.74) is 1.51. The Kier molecular flexibility index (Phi) is 3.78. The first-order valence-electron chi connectivity index (χ1n) is 5.14. The van der Waals surface area contributed by atoms with Gasteiger partial charge in [-0.25, -0.2) is 0 Å². The lowest BCUT2D eigenvalue weighted by Crippen LogP contribution is -2.01. The minimum Gasteiger partial charge on any atom is -0.495 e. The van der Waals surface area contributed by atoms with Crippen LogP contribution >= 0.6 is 23.8 Å². The number of halogens is 1. The number of methoxy groups -OCH3 is 1. The number of aromatic nitrogens is 3. The second-order valence-electron chi connectivity index (χ2n) is 3.55. The van der Waals surface area contributed by atoms with E-state index in [9.17, 15) is 0 Å². The molecule has 7 heteroatoms. The summed E-state index contributed by atoms with van der Waals surface area (Å²) in [7, 11) is 1.57. The van der Waals surface area contributed by atoms with Crippen molar-refractivity contribution in [2.75, 3.05) is 12.4 Å². The average molecular weight is 283 g/mol. The Labute approximate surface area is 114 Å². The van der Waals surface area contributed by atoms with Gasteiger partial charge in [0.05, 0.1) is 12.1 Å². The van der Waals surface area contributed by atoms with Gasteiger partial charge in [-0.1, -0.05) is 11.6 Å². The third-order valence-corrected chi connectivity index (χ3v) is 2.77. The molecular formula is C11H11ClN4OS. The quantitative estimate of drug-likeness (QED) is 0.846. The number of rotatable bonds is 3. The molecule has 0 fully saturated rings. The van der Waals surface area contributed by atoms with Crippen LogP contribution in [-0.2, 0) is 0 Å². The van der Waals surface area contributed by atoms with E-state index in [1.165, 1.54) is 0 Å². The molecule has 0 radical (unpaired) electrons. The average Bonchev–Trinajstić information content (AvgIpc) is 2.34. The van der Waals surface area contributed by atoms with E-state index in [2.05, 4.69) is 20.5 Å². The van der Waals surface area contributed by atoms with Crippen molar-refractivity contribution in [2.24, 2.45) is 0 Å². The van der Waals surface area contributed by atoms with Crippen LogP contribution in [-0.4, -0.2) is 22.3 Å². The number of H-pyrrole nitrogens is 1. The minimum atomic E-state index is 0.322. The van der Waals surface area contributed by atoms with E-state index in [1.54, 1.807) is 19.2 Å². The van der Waals surface area contributed by atoms with Gasteiger partial charge in [-0.2, -0.15) is 10.1 Å². The Hall–Kier alpha value is -1.66. The van der Waals surface area contributed by atoms with Crippen molar-refractivity contribution < 1.29 is 4.74 Å². The van der Waals surface area contributed by atoms with Crippen molar-refractivity contribution >= 4 is 35.3 Å². The van der Waals surface area contributed by atoms with Crippen LogP contribution in [0.25, 0.3) is 0 Å². The highest BCUT2D eigenvalue weighted by atomic mass is 35.5. The number of aryl methyl sites for hydroxylation is 1. The molecular weight excluding hydrogens is 272 g/mol. The summed E-state index contributed by atoms with van der Waals surface area (Å²) in [5.74, 6) is 1.22. The summed E-state index contributed by atoms with van der Waals surface area (Å²) in [6.07, 6.45) is 0. The minimum absolute atomic E-state index is 0.322. The van der Waals surface area contributed by atoms with Gasteiger partial charge in [-0.15, -0.1) is 0 Å². The fraction of sp³-hybridized carbons (Fsp3) is 0.182. The summed E-state index contributed by atoms with van der Waals surface area (Å²) >= 11 is 11.0. The summed E-state index contributed by atoms with van der Waals surface area (Å²) in [4.78, 5) is 4.15. The zero-order valence-electron chi connectivity index (χ0n) is 9.82. The molecule has 0 unspecified atom stereocenters. The van der Waals surface area contributed by atoms with Crippen LogP contribution < -0.4 is 10.1 Å². The second kappa shape index (κ2) is 5.32.